The van der Waals surface area contributed by atoms with E-state index >= 15 is 0 Å². The van der Waals surface area contributed by atoms with Gasteiger partial charge < -0.3 is 19.9 Å². The summed E-state index contributed by atoms with van der Waals surface area (Å²) in [4.78, 5) is 21.8. The van der Waals surface area contributed by atoms with Crippen LogP contribution in [0.1, 0.15) is 24.6 Å². The van der Waals surface area contributed by atoms with Crippen molar-refractivity contribution in [3.8, 4) is 5.69 Å². The number of benzene rings is 2. The Hall–Kier alpha value is -3.23. The molecule has 2 aromatic carbocycles. The molecule has 206 valence electrons. The van der Waals surface area contributed by atoms with E-state index in [-0.39, 0.29) is 5.56 Å². The Morgan fingerprint density at radius 2 is 1.69 bits per heavy atom. The molecule has 0 amide bonds. The number of hydrogen-bond donors (Lipinski definition) is 2. The lowest BCUT2D eigenvalue weighted by Gasteiger charge is -2.37. The van der Waals surface area contributed by atoms with E-state index < -0.39 is 13.4 Å². The molecule has 0 bridgehead atoms. The third kappa shape index (κ3) is 5.58. The monoisotopic (exact) mass is 548 g/mol. The van der Waals surface area contributed by atoms with Crippen molar-refractivity contribution in [2.24, 2.45) is 7.05 Å². The van der Waals surface area contributed by atoms with E-state index in [9.17, 15) is 14.5 Å². The molecule has 9 nitrogen and oxygen atoms in total. The van der Waals surface area contributed by atoms with E-state index in [0.717, 1.165) is 53.7 Å². The lowest BCUT2D eigenvalue weighted by atomic mass is 10.0. The molecule has 5 rings (SSSR count). The van der Waals surface area contributed by atoms with Gasteiger partial charge in [-0.15, -0.1) is 0 Å². The van der Waals surface area contributed by atoms with Gasteiger partial charge >= 0.3 is 0 Å². The van der Waals surface area contributed by atoms with E-state index in [2.05, 4.69) is 27.1 Å². The molecule has 1 aliphatic heterocycles. The molecule has 1 unspecified atom stereocenters. The average molecular weight is 549 g/mol. The van der Waals surface area contributed by atoms with E-state index in [4.69, 9.17) is 0 Å². The van der Waals surface area contributed by atoms with Gasteiger partial charge in [0, 0.05) is 36.3 Å². The Labute approximate surface area is 229 Å². The van der Waals surface area contributed by atoms with Crippen molar-refractivity contribution in [3.63, 3.8) is 0 Å². The van der Waals surface area contributed by atoms with Gasteiger partial charge in [0.1, 0.15) is 19.2 Å². The fourth-order valence-corrected chi connectivity index (χ4v) is 6.14. The quantitative estimate of drug-likeness (QED) is 0.268. The summed E-state index contributed by atoms with van der Waals surface area (Å²) in [6.07, 6.45) is 3.02. The number of aliphatic hydroxyl groups is 1. The number of aliphatic hydroxyl groups excluding tert-OH is 1. The van der Waals surface area contributed by atoms with Crippen LogP contribution in [-0.4, -0.2) is 75.8 Å². The van der Waals surface area contributed by atoms with Crippen LogP contribution in [0.3, 0.4) is 0 Å². The van der Waals surface area contributed by atoms with Crippen LogP contribution in [0.4, 0.5) is 11.5 Å². The second kappa shape index (κ2) is 10.7. The zero-order chi connectivity index (χ0) is 27.9. The van der Waals surface area contributed by atoms with Crippen molar-refractivity contribution >= 4 is 34.9 Å². The molecule has 1 saturated heterocycles. The number of rotatable bonds is 7. The highest BCUT2D eigenvalue weighted by Gasteiger charge is 2.25. The summed E-state index contributed by atoms with van der Waals surface area (Å²) in [7, 11) is 3.47. The number of nitrogens with zero attached hydrogens (tertiary/aromatic N) is 5. The highest BCUT2D eigenvalue weighted by Crippen LogP contribution is 2.34. The molecule has 2 N–H and O–H groups in total. The van der Waals surface area contributed by atoms with Gasteiger partial charge in [0.25, 0.3) is 5.56 Å². The second-order valence-corrected chi connectivity index (χ2v) is 14.1. The molecule has 4 aromatic rings. The largest absolute Gasteiger partial charge is 0.374 e. The molecule has 39 heavy (non-hydrogen) atoms. The summed E-state index contributed by atoms with van der Waals surface area (Å²) in [6.45, 7) is 5.57. The maximum atomic E-state index is 12.9. The molecule has 2 aromatic heterocycles. The highest BCUT2D eigenvalue weighted by molar-refractivity contribution is 7.70. The molecule has 1 fully saturated rings. The SMILES string of the molecule is CN1CCC(N(C)C(O)c2ccc(Nc3cc4c(cn3)c(=O)n(C)n4-c3ccc(P(C)(C)=O)cc3)cc2)CC1. The van der Waals surface area contributed by atoms with Crippen LogP contribution in [0, 0.1) is 0 Å². The van der Waals surface area contributed by atoms with Crippen molar-refractivity contribution in [2.75, 3.05) is 45.8 Å². The fourth-order valence-electron chi connectivity index (χ4n) is 5.27. The first-order chi connectivity index (χ1) is 18.5. The van der Waals surface area contributed by atoms with E-state index in [1.165, 1.54) is 0 Å². The molecule has 0 spiro atoms. The Bertz CT molecular complexity index is 1560. The first kappa shape index (κ1) is 27.3. The average Bonchev–Trinajstić information content (AvgIpc) is 3.17. The van der Waals surface area contributed by atoms with Gasteiger partial charge in [0.2, 0.25) is 0 Å². The van der Waals surface area contributed by atoms with Crippen LogP contribution in [0.15, 0.2) is 65.6 Å². The molecular formula is C29H37N6O3P. The third-order valence-electron chi connectivity index (χ3n) is 7.78. The summed E-state index contributed by atoms with van der Waals surface area (Å²) >= 11 is 0. The minimum atomic E-state index is -2.37. The minimum absolute atomic E-state index is 0.142. The summed E-state index contributed by atoms with van der Waals surface area (Å²) < 4.78 is 15.8. The minimum Gasteiger partial charge on any atom is -0.374 e. The zero-order valence-electron chi connectivity index (χ0n) is 23.2. The number of hydrogen-bond acceptors (Lipinski definition) is 7. The second-order valence-electron chi connectivity index (χ2n) is 10.9. The van der Waals surface area contributed by atoms with E-state index in [0.29, 0.717) is 17.2 Å². The summed E-state index contributed by atoms with van der Waals surface area (Å²) in [5.41, 5.74) is 3.05. The Morgan fingerprint density at radius 1 is 1.05 bits per heavy atom. The van der Waals surface area contributed by atoms with Crippen LogP contribution in [0.2, 0.25) is 0 Å². The van der Waals surface area contributed by atoms with Crippen LogP contribution in [-0.2, 0) is 11.6 Å². The number of fused-ring (bicyclic) bond motifs is 1. The number of aromatic nitrogens is 3. The van der Waals surface area contributed by atoms with Gasteiger partial charge in [-0.1, -0.05) is 12.1 Å². The maximum absolute atomic E-state index is 12.9. The molecule has 10 heteroatoms. The Kier molecular flexibility index (Phi) is 7.53. The Balaban J connectivity index is 1.37. The first-order valence-electron chi connectivity index (χ1n) is 13.2. The topological polar surface area (TPSA) is 95.6 Å². The highest BCUT2D eigenvalue weighted by atomic mass is 31.2. The molecule has 1 atom stereocenters. The number of piperidine rings is 1. The van der Waals surface area contributed by atoms with Crippen LogP contribution < -0.4 is 16.2 Å². The maximum Gasteiger partial charge on any atom is 0.276 e. The predicted octanol–water partition coefficient (Wildman–Crippen LogP) is 3.73. The van der Waals surface area contributed by atoms with Crippen LogP contribution in [0.25, 0.3) is 16.6 Å². The number of pyridine rings is 1. The van der Waals surface area contributed by atoms with Gasteiger partial charge in [0.15, 0.2) is 0 Å². The predicted molar refractivity (Wildman–Crippen MR) is 158 cm³/mol. The van der Waals surface area contributed by atoms with Gasteiger partial charge in [-0.05, 0) is 95.3 Å². The summed E-state index contributed by atoms with van der Waals surface area (Å²) in [5, 5.41) is 15.6. The van der Waals surface area contributed by atoms with Crippen molar-refractivity contribution < 1.29 is 9.67 Å². The van der Waals surface area contributed by atoms with Gasteiger partial charge in [-0.3, -0.25) is 14.4 Å². The van der Waals surface area contributed by atoms with Gasteiger partial charge in [-0.25, -0.2) is 9.67 Å². The lowest BCUT2D eigenvalue weighted by Crippen LogP contribution is -2.43. The number of anilines is 2. The van der Waals surface area contributed by atoms with Gasteiger partial charge in [-0.2, -0.15) is 0 Å². The number of likely N-dealkylation sites (tertiary alicyclic amines) is 1. The van der Waals surface area contributed by atoms with Crippen molar-refractivity contribution in [2.45, 2.75) is 25.1 Å². The lowest BCUT2D eigenvalue weighted by molar-refractivity contribution is -0.0236. The van der Waals surface area contributed by atoms with Crippen molar-refractivity contribution in [3.05, 3.63) is 76.7 Å². The van der Waals surface area contributed by atoms with Crippen molar-refractivity contribution in [1.29, 1.82) is 0 Å². The van der Waals surface area contributed by atoms with Crippen molar-refractivity contribution in [1.82, 2.24) is 24.1 Å². The molecule has 0 aliphatic carbocycles. The summed E-state index contributed by atoms with van der Waals surface area (Å²) in [6, 6.07) is 17.4. The summed E-state index contributed by atoms with van der Waals surface area (Å²) in [5.74, 6) is 0.599. The fraction of sp³-hybridized carbons (Fsp3) is 0.379. The third-order valence-corrected chi connectivity index (χ3v) is 9.32. The normalized spacial score (nSPS) is 16.2. The molecular weight excluding hydrogens is 511 g/mol. The molecule has 0 radical (unpaired) electrons. The molecule has 1 aliphatic rings. The van der Waals surface area contributed by atoms with Crippen LogP contribution >= 0.6 is 7.14 Å². The first-order valence-corrected chi connectivity index (χ1v) is 15.8. The smallest absolute Gasteiger partial charge is 0.276 e. The van der Waals surface area contributed by atoms with Gasteiger partial charge in [0.05, 0.1) is 16.6 Å². The van der Waals surface area contributed by atoms with E-state index in [1.54, 1.807) is 31.3 Å². The van der Waals surface area contributed by atoms with E-state index in [1.807, 2.05) is 66.3 Å². The molecule has 0 saturated carbocycles. The Morgan fingerprint density at radius 3 is 2.31 bits per heavy atom. The van der Waals surface area contributed by atoms with Crippen LogP contribution in [0.5, 0.6) is 0 Å². The zero-order valence-corrected chi connectivity index (χ0v) is 24.1. The number of nitrogens with one attached hydrogen (secondary N) is 1. The standard InChI is InChI=1S/C29H37N6O3P/c1-32-16-14-22(15-17-32)33(2)28(36)20-6-8-21(9-7-20)31-27-18-26-25(19-30-27)29(37)34(3)35(26)23-10-12-24(13-11-23)39(4,5)38/h6-13,18-19,22,28,36H,14-17H2,1-5H3,(H,30,31). The molecule has 3 heterocycles.